The minimum Gasteiger partial charge on any atom is -0.310 e. The molecule has 2 atom stereocenters. The molecule has 0 saturated heterocycles. The number of para-hydroxylation sites is 3. The number of hydrogen-bond donors (Lipinski definition) is 0. The SMILES string of the molecule is C1=CC2c3ccc(N(c4ccccc4)c4ccc5c(c4)c4ccccc4n5-c4ccccc4-c4ccccc4)cc3C3=c4ccccc4=CC(=C1)C32. The molecule has 2 heteroatoms. The summed E-state index contributed by atoms with van der Waals surface area (Å²) in [5.74, 6) is 0.714. The van der Waals surface area contributed by atoms with Gasteiger partial charge in [-0.15, -0.1) is 0 Å². The monoisotopic (exact) mass is 662 g/mol. The van der Waals surface area contributed by atoms with Crippen LogP contribution in [-0.4, -0.2) is 4.57 Å². The number of hydrogen-bond acceptors (Lipinski definition) is 1. The van der Waals surface area contributed by atoms with Gasteiger partial charge in [-0.1, -0.05) is 140 Å². The Hall–Kier alpha value is -6.64. The molecule has 2 unspecified atom stereocenters. The fourth-order valence-corrected chi connectivity index (χ4v) is 9.13. The van der Waals surface area contributed by atoms with Gasteiger partial charge in [0.1, 0.15) is 0 Å². The average molecular weight is 663 g/mol. The summed E-state index contributed by atoms with van der Waals surface area (Å²) in [6, 6.07) is 62.2. The van der Waals surface area contributed by atoms with Crippen LogP contribution in [-0.2, 0) is 0 Å². The molecule has 0 spiro atoms. The molecule has 244 valence electrons. The molecular formula is C50H34N2. The molecule has 0 N–H and O–H groups in total. The van der Waals surface area contributed by atoms with E-state index in [1.807, 2.05) is 0 Å². The van der Waals surface area contributed by atoms with Crippen molar-refractivity contribution in [3.8, 4) is 16.8 Å². The predicted octanol–water partition coefficient (Wildman–Crippen LogP) is 11.1. The van der Waals surface area contributed by atoms with Crippen LogP contribution in [0.25, 0.3) is 50.3 Å². The molecule has 0 radical (unpaired) electrons. The quantitative estimate of drug-likeness (QED) is 0.178. The van der Waals surface area contributed by atoms with Crippen molar-refractivity contribution >= 4 is 50.5 Å². The van der Waals surface area contributed by atoms with Crippen LogP contribution in [0.2, 0.25) is 0 Å². The zero-order chi connectivity index (χ0) is 34.2. The zero-order valence-corrected chi connectivity index (χ0v) is 28.5. The number of anilines is 3. The largest absolute Gasteiger partial charge is 0.310 e. The minimum absolute atomic E-state index is 0.357. The van der Waals surface area contributed by atoms with E-state index in [4.69, 9.17) is 0 Å². The lowest BCUT2D eigenvalue weighted by molar-refractivity contribution is 0.725. The minimum atomic E-state index is 0.357. The lowest BCUT2D eigenvalue weighted by Crippen LogP contribution is -2.33. The van der Waals surface area contributed by atoms with Crippen LogP contribution in [0, 0.1) is 5.92 Å². The van der Waals surface area contributed by atoms with Crippen LogP contribution in [0.1, 0.15) is 17.0 Å². The lowest BCUT2D eigenvalue weighted by atomic mass is 9.77. The Morgan fingerprint density at radius 1 is 0.519 bits per heavy atom. The van der Waals surface area contributed by atoms with Crippen LogP contribution in [0.5, 0.6) is 0 Å². The predicted molar refractivity (Wildman–Crippen MR) is 217 cm³/mol. The molecule has 0 fully saturated rings. The van der Waals surface area contributed by atoms with Gasteiger partial charge >= 0.3 is 0 Å². The van der Waals surface area contributed by atoms with Gasteiger partial charge in [0.2, 0.25) is 0 Å². The van der Waals surface area contributed by atoms with E-state index in [1.54, 1.807) is 0 Å². The standard InChI is InChI=1S/C50H34N2/c1-3-14-33(15-4-1)39-20-9-11-24-46(39)52-47-25-12-10-22-42(47)44-31-38(27-29-48(44)52)51(36-18-5-2-6-19-36)37-26-28-41-43-23-13-17-35-30-34-16-7-8-21-40(34)50(49(35)43)45(41)32-37/h1-32,43,49H. The van der Waals surface area contributed by atoms with Crippen molar-refractivity contribution in [3.63, 3.8) is 0 Å². The van der Waals surface area contributed by atoms with Crippen molar-refractivity contribution in [2.45, 2.75) is 5.92 Å². The van der Waals surface area contributed by atoms with Crippen molar-refractivity contribution in [1.29, 1.82) is 0 Å². The fourth-order valence-electron chi connectivity index (χ4n) is 9.13. The summed E-state index contributed by atoms with van der Waals surface area (Å²) in [4.78, 5) is 2.43. The summed E-state index contributed by atoms with van der Waals surface area (Å²) >= 11 is 0. The van der Waals surface area contributed by atoms with Crippen LogP contribution in [0.3, 0.4) is 0 Å². The molecule has 3 aliphatic rings. The van der Waals surface area contributed by atoms with E-state index in [0.717, 1.165) is 17.1 Å². The number of benzene rings is 7. The second kappa shape index (κ2) is 11.4. The maximum Gasteiger partial charge on any atom is 0.0542 e. The van der Waals surface area contributed by atoms with E-state index in [0.29, 0.717) is 11.8 Å². The average Bonchev–Trinajstić information content (AvgIpc) is 3.72. The van der Waals surface area contributed by atoms with E-state index in [2.05, 4.69) is 204 Å². The fraction of sp³-hybridized carbons (Fsp3) is 0.0400. The van der Waals surface area contributed by atoms with Gasteiger partial charge in [0.25, 0.3) is 0 Å². The highest BCUT2D eigenvalue weighted by Crippen LogP contribution is 2.53. The van der Waals surface area contributed by atoms with Crippen molar-refractivity contribution in [2.24, 2.45) is 5.92 Å². The Labute approximate surface area is 302 Å². The first-order chi connectivity index (χ1) is 25.8. The maximum absolute atomic E-state index is 2.45. The van der Waals surface area contributed by atoms with E-state index in [-0.39, 0.29) is 0 Å². The van der Waals surface area contributed by atoms with E-state index < -0.39 is 0 Å². The Kier molecular flexibility index (Phi) is 6.41. The Bertz CT molecular complexity index is 2910. The molecule has 0 amide bonds. The molecule has 2 nitrogen and oxygen atoms in total. The third-order valence-corrected chi connectivity index (χ3v) is 11.3. The molecule has 7 aromatic carbocycles. The normalized spacial score (nSPS) is 16.6. The highest BCUT2D eigenvalue weighted by Gasteiger charge is 2.40. The van der Waals surface area contributed by atoms with Crippen LogP contribution in [0.4, 0.5) is 17.1 Å². The first-order valence-electron chi connectivity index (χ1n) is 18.2. The van der Waals surface area contributed by atoms with Gasteiger partial charge in [0, 0.05) is 45.2 Å². The van der Waals surface area contributed by atoms with Gasteiger partial charge in [-0.2, -0.15) is 0 Å². The molecule has 0 saturated carbocycles. The number of rotatable bonds is 5. The van der Waals surface area contributed by atoms with Gasteiger partial charge in [0.05, 0.1) is 16.7 Å². The number of aromatic nitrogens is 1. The van der Waals surface area contributed by atoms with Crippen molar-refractivity contribution in [1.82, 2.24) is 4.57 Å². The lowest BCUT2D eigenvalue weighted by Gasteiger charge is -2.26. The number of nitrogens with zero attached hydrogens (tertiary/aromatic N) is 2. The van der Waals surface area contributed by atoms with Gasteiger partial charge in [-0.05, 0) is 92.9 Å². The molecule has 1 heterocycles. The van der Waals surface area contributed by atoms with E-state index in [9.17, 15) is 0 Å². The van der Waals surface area contributed by atoms with Crippen molar-refractivity contribution in [3.05, 3.63) is 215 Å². The van der Waals surface area contributed by atoms with Crippen LogP contribution in [0.15, 0.2) is 194 Å². The van der Waals surface area contributed by atoms with Crippen molar-refractivity contribution in [2.75, 3.05) is 4.90 Å². The zero-order valence-electron chi connectivity index (χ0n) is 28.5. The van der Waals surface area contributed by atoms with Gasteiger partial charge in [-0.25, -0.2) is 0 Å². The molecular weight excluding hydrogens is 629 g/mol. The van der Waals surface area contributed by atoms with Crippen LogP contribution >= 0.6 is 0 Å². The molecule has 1 aromatic heterocycles. The summed E-state index contributed by atoms with van der Waals surface area (Å²) < 4.78 is 2.44. The molecule has 11 rings (SSSR count). The Morgan fingerprint density at radius 3 is 2.13 bits per heavy atom. The molecule has 3 aliphatic carbocycles. The molecule has 52 heavy (non-hydrogen) atoms. The Balaban J connectivity index is 1.13. The van der Waals surface area contributed by atoms with E-state index in [1.165, 1.54) is 71.3 Å². The summed E-state index contributed by atoms with van der Waals surface area (Å²) in [6.07, 6.45) is 9.36. The summed E-state index contributed by atoms with van der Waals surface area (Å²) in [7, 11) is 0. The smallest absolute Gasteiger partial charge is 0.0542 e. The summed E-state index contributed by atoms with van der Waals surface area (Å²) in [5, 5.41) is 5.14. The van der Waals surface area contributed by atoms with Gasteiger partial charge < -0.3 is 9.47 Å². The summed E-state index contributed by atoms with van der Waals surface area (Å²) in [5.41, 5.74) is 15.1. The van der Waals surface area contributed by atoms with Gasteiger partial charge in [0.15, 0.2) is 0 Å². The third kappa shape index (κ3) is 4.31. The molecule has 8 aromatic rings. The first kappa shape index (κ1) is 29.1. The highest BCUT2D eigenvalue weighted by atomic mass is 15.1. The number of fused-ring (bicyclic) bond motifs is 7. The maximum atomic E-state index is 2.45. The summed E-state index contributed by atoms with van der Waals surface area (Å²) in [6.45, 7) is 0. The third-order valence-electron chi connectivity index (χ3n) is 11.3. The first-order valence-corrected chi connectivity index (χ1v) is 18.2. The molecule has 0 bridgehead atoms. The highest BCUT2D eigenvalue weighted by molar-refractivity contribution is 6.11. The number of allylic oxidation sites excluding steroid dienone is 4. The van der Waals surface area contributed by atoms with Crippen molar-refractivity contribution < 1.29 is 0 Å². The van der Waals surface area contributed by atoms with Gasteiger partial charge in [-0.3, -0.25) is 0 Å². The topological polar surface area (TPSA) is 8.17 Å². The Morgan fingerprint density at radius 2 is 1.23 bits per heavy atom. The molecule has 0 aliphatic heterocycles. The van der Waals surface area contributed by atoms with E-state index >= 15 is 0 Å². The van der Waals surface area contributed by atoms with Crippen LogP contribution < -0.4 is 15.3 Å². The second-order valence-corrected chi connectivity index (χ2v) is 14.1. The second-order valence-electron chi connectivity index (χ2n) is 14.1.